The standard InChI is InChI=1S/C12H16O/c1-11(10-13-2)8-9-12-6-4-3-5-7-12/h3-7,10H,8-9H2,1-2H3. The van der Waals surface area contributed by atoms with Crippen LogP contribution in [0, 0.1) is 0 Å². The maximum absolute atomic E-state index is 4.93. The Balaban J connectivity index is 2.39. The highest BCUT2D eigenvalue weighted by Gasteiger charge is 1.93. The summed E-state index contributed by atoms with van der Waals surface area (Å²) < 4.78 is 4.93. The van der Waals surface area contributed by atoms with Crippen molar-refractivity contribution in [2.75, 3.05) is 7.11 Å². The molecular formula is C12H16O. The quantitative estimate of drug-likeness (QED) is 0.640. The second kappa shape index (κ2) is 5.41. The third-order valence-electron chi connectivity index (χ3n) is 1.97. The van der Waals surface area contributed by atoms with Crippen molar-refractivity contribution in [3.05, 3.63) is 47.7 Å². The molecule has 0 spiro atoms. The van der Waals surface area contributed by atoms with Crippen LogP contribution in [-0.2, 0) is 11.2 Å². The Hall–Kier alpha value is -1.24. The van der Waals surface area contributed by atoms with E-state index in [0.29, 0.717) is 0 Å². The summed E-state index contributed by atoms with van der Waals surface area (Å²) in [5.41, 5.74) is 2.66. The summed E-state index contributed by atoms with van der Waals surface area (Å²) in [6.07, 6.45) is 3.97. The number of aryl methyl sites for hydroxylation is 1. The first-order chi connectivity index (χ1) is 6.33. The van der Waals surface area contributed by atoms with Gasteiger partial charge in [-0.1, -0.05) is 30.3 Å². The molecule has 13 heavy (non-hydrogen) atoms. The lowest BCUT2D eigenvalue weighted by Gasteiger charge is -2.01. The molecule has 0 atom stereocenters. The zero-order valence-electron chi connectivity index (χ0n) is 8.29. The maximum Gasteiger partial charge on any atom is 0.0813 e. The Kier molecular flexibility index (Phi) is 4.10. The predicted octanol–water partition coefficient (Wildman–Crippen LogP) is 3.17. The molecule has 0 saturated carbocycles. The molecule has 0 heterocycles. The van der Waals surface area contributed by atoms with Gasteiger partial charge in [0, 0.05) is 0 Å². The predicted molar refractivity (Wildman–Crippen MR) is 55.5 cm³/mol. The Morgan fingerprint density at radius 3 is 2.62 bits per heavy atom. The second-order valence-corrected chi connectivity index (χ2v) is 3.19. The molecule has 0 aromatic heterocycles. The fourth-order valence-electron chi connectivity index (χ4n) is 1.25. The van der Waals surface area contributed by atoms with Crippen LogP contribution in [0.1, 0.15) is 18.9 Å². The number of hydrogen-bond donors (Lipinski definition) is 0. The monoisotopic (exact) mass is 176 g/mol. The molecule has 70 valence electrons. The normalized spacial score (nSPS) is 11.4. The molecule has 1 nitrogen and oxygen atoms in total. The largest absolute Gasteiger partial charge is 0.504 e. The third-order valence-corrected chi connectivity index (χ3v) is 1.97. The molecule has 0 saturated heterocycles. The average molecular weight is 176 g/mol. The number of hydrogen-bond acceptors (Lipinski definition) is 1. The van der Waals surface area contributed by atoms with Gasteiger partial charge in [-0.2, -0.15) is 0 Å². The van der Waals surface area contributed by atoms with Crippen LogP contribution in [0.2, 0.25) is 0 Å². The molecule has 0 aliphatic heterocycles. The number of allylic oxidation sites excluding steroid dienone is 1. The molecule has 0 amide bonds. The fourth-order valence-corrected chi connectivity index (χ4v) is 1.25. The van der Waals surface area contributed by atoms with E-state index in [2.05, 4.69) is 31.2 Å². The van der Waals surface area contributed by atoms with E-state index in [-0.39, 0.29) is 0 Å². The van der Waals surface area contributed by atoms with E-state index < -0.39 is 0 Å². The van der Waals surface area contributed by atoms with E-state index in [1.165, 1.54) is 11.1 Å². The fraction of sp³-hybridized carbons (Fsp3) is 0.333. The molecule has 1 rings (SSSR count). The Labute approximate surface area is 80.0 Å². The highest BCUT2D eigenvalue weighted by Crippen LogP contribution is 2.07. The molecular weight excluding hydrogens is 160 g/mol. The Bertz CT molecular complexity index is 262. The van der Waals surface area contributed by atoms with E-state index in [1.807, 2.05) is 12.3 Å². The molecule has 1 heteroatoms. The molecule has 0 bridgehead atoms. The van der Waals surface area contributed by atoms with E-state index in [4.69, 9.17) is 4.74 Å². The molecule has 1 aromatic rings. The maximum atomic E-state index is 4.93. The van der Waals surface area contributed by atoms with Gasteiger partial charge in [0.15, 0.2) is 0 Å². The van der Waals surface area contributed by atoms with Crippen molar-refractivity contribution in [2.45, 2.75) is 19.8 Å². The van der Waals surface area contributed by atoms with Crippen LogP contribution in [0.4, 0.5) is 0 Å². The summed E-state index contributed by atoms with van der Waals surface area (Å²) in [5, 5.41) is 0. The minimum absolute atomic E-state index is 1.07. The van der Waals surface area contributed by atoms with Crippen LogP contribution in [0.15, 0.2) is 42.2 Å². The highest BCUT2D eigenvalue weighted by atomic mass is 16.5. The molecule has 0 aliphatic rings. The smallest absolute Gasteiger partial charge is 0.0813 e. The van der Waals surface area contributed by atoms with Gasteiger partial charge < -0.3 is 4.74 Å². The second-order valence-electron chi connectivity index (χ2n) is 3.19. The van der Waals surface area contributed by atoms with E-state index in [9.17, 15) is 0 Å². The number of methoxy groups -OCH3 is 1. The van der Waals surface area contributed by atoms with Gasteiger partial charge in [-0.15, -0.1) is 0 Å². The van der Waals surface area contributed by atoms with Gasteiger partial charge >= 0.3 is 0 Å². The minimum Gasteiger partial charge on any atom is -0.504 e. The molecule has 0 radical (unpaired) electrons. The Morgan fingerprint density at radius 2 is 2.00 bits per heavy atom. The van der Waals surface area contributed by atoms with Crippen LogP contribution in [0.25, 0.3) is 0 Å². The van der Waals surface area contributed by atoms with Crippen LogP contribution in [-0.4, -0.2) is 7.11 Å². The van der Waals surface area contributed by atoms with E-state index in [0.717, 1.165) is 12.8 Å². The van der Waals surface area contributed by atoms with Crippen molar-refractivity contribution < 1.29 is 4.74 Å². The summed E-state index contributed by atoms with van der Waals surface area (Å²) in [6, 6.07) is 10.5. The summed E-state index contributed by atoms with van der Waals surface area (Å²) in [7, 11) is 1.69. The lowest BCUT2D eigenvalue weighted by molar-refractivity contribution is 0.332. The van der Waals surface area contributed by atoms with Crippen molar-refractivity contribution in [3.8, 4) is 0 Å². The minimum atomic E-state index is 1.07. The lowest BCUT2D eigenvalue weighted by atomic mass is 10.1. The van der Waals surface area contributed by atoms with Crippen molar-refractivity contribution in [1.29, 1.82) is 0 Å². The molecule has 1 aromatic carbocycles. The number of rotatable bonds is 4. The van der Waals surface area contributed by atoms with E-state index >= 15 is 0 Å². The molecule has 0 unspecified atom stereocenters. The van der Waals surface area contributed by atoms with Crippen molar-refractivity contribution >= 4 is 0 Å². The topological polar surface area (TPSA) is 9.23 Å². The highest BCUT2D eigenvalue weighted by molar-refractivity contribution is 5.16. The third kappa shape index (κ3) is 3.79. The van der Waals surface area contributed by atoms with Gasteiger partial charge in [-0.25, -0.2) is 0 Å². The summed E-state index contributed by atoms with van der Waals surface area (Å²) in [5.74, 6) is 0. The summed E-state index contributed by atoms with van der Waals surface area (Å²) in [6.45, 7) is 2.09. The van der Waals surface area contributed by atoms with E-state index in [1.54, 1.807) is 7.11 Å². The van der Waals surface area contributed by atoms with Crippen molar-refractivity contribution in [3.63, 3.8) is 0 Å². The van der Waals surface area contributed by atoms with Crippen LogP contribution in [0.3, 0.4) is 0 Å². The van der Waals surface area contributed by atoms with Crippen molar-refractivity contribution in [2.24, 2.45) is 0 Å². The summed E-state index contributed by atoms with van der Waals surface area (Å²) in [4.78, 5) is 0. The Morgan fingerprint density at radius 1 is 1.31 bits per heavy atom. The van der Waals surface area contributed by atoms with Crippen molar-refractivity contribution in [1.82, 2.24) is 0 Å². The molecule has 0 fully saturated rings. The number of benzene rings is 1. The van der Waals surface area contributed by atoms with Crippen LogP contribution >= 0.6 is 0 Å². The van der Waals surface area contributed by atoms with Gasteiger partial charge in [-0.3, -0.25) is 0 Å². The summed E-state index contributed by atoms with van der Waals surface area (Å²) >= 11 is 0. The van der Waals surface area contributed by atoms with Gasteiger partial charge in [0.2, 0.25) is 0 Å². The van der Waals surface area contributed by atoms with Gasteiger partial charge in [0.25, 0.3) is 0 Å². The first-order valence-corrected chi connectivity index (χ1v) is 4.55. The molecule has 0 aliphatic carbocycles. The molecule has 0 N–H and O–H groups in total. The first-order valence-electron chi connectivity index (χ1n) is 4.55. The van der Waals surface area contributed by atoms with Crippen LogP contribution < -0.4 is 0 Å². The zero-order valence-corrected chi connectivity index (χ0v) is 8.29. The van der Waals surface area contributed by atoms with Gasteiger partial charge in [0.05, 0.1) is 13.4 Å². The average Bonchev–Trinajstić information content (AvgIpc) is 2.17. The van der Waals surface area contributed by atoms with Crippen LogP contribution in [0.5, 0.6) is 0 Å². The van der Waals surface area contributed by atoms with Gasteiger partial charge in [-0.05, 0) is 30.9 Å². The lowest BCUT2D eigenvalue weighted by Crippen LogP contribution is -1.86. The first kappa shape index (κ1) is 9.85. The zero-order chi connectivity index (χ0) is 9.52. The number of ether oxygens (including phenoxy) is 1. The van der Waals surface area contributed by atoms with Gasteiger partial charge in [0.1, 0.15) is 0 Å². The SMILES string of the molecule is COC=C(C)CCc1ccccc1.